The number of thiocarbonyl (C=S) groups is 1. The lowest BCUT2D eigenvalue weighted by atomic mass is 10.0. The number of benzene rings is 2. The summed E-state index contributed by atoms with van der Waals surface area (Å²) < 4.78 is 15.3. The number of nitriles is 1. The van der Waals surface area contributed by atoms with Gasteiger partial charge in [-0.05, 0) is 54.3 Å². The number of thioether (sulfide) groups is 1. The van der Waals surface area contributed by atoms with Crippen LogP contribution in [0.5, 0.6) is 0 Å². The van der Waals surface area contributed by atoms with Gasteiger partial charge in [-0.25, -0.2) is 4.39 Å². The van der Waals surface area contributed by atoms with Crippen LogP contribution >= 0.6 is 35.6 Å². The first-order chi connectivity index (χ1) is 18.7. The van der Waals surface area contributed by atoms with Crippen LogP contribution in [0.3, 0.4) is 0 Å². The Labute approximate surface area is 241 Å². The highest BCUT2D eigenvalue weighted by Crippen LogP contribution is 2.36. The van der Waals surface area contributed by atoms with Crippen LogP contribution in [0.1, 0.15) is 47.6 Å². The molecule has 10 heteroatoms. The molecule has 0 saturated carbocycles. The maximum atomic E-state index is 13.4. The summed E-state index contributed by atoms with van der Waals surface area (Å²) in [4.78, 5) is 28.6. The number of amides is 1. The quantitative estimate of drug-likeness (QED) is 0.226. The second kappa shape index (κ2) is 12.6. The van der Waals surface area contributed by atoms with Gasteiger partial charge in [0.25, 0.3) is 11.5 Å². The van der Waals surface area contributed by atoms with Crippen molar-refractivity contribution in [1.82, 2.24) is 9.47 Å². The molecule has 0 radical (unpaired) electrons. The zero-order valence-electron chi connectivity index (χ0n) is 21.5. The number of carbonyl (C=O) groups excluding carboxylic acids is 1. The first kappa shape index (κ1) is 28.6. The Kier molecular flexibility index (Phi) is 9.23. The van der Waals surface area contributed by atoms with Crippen LogP contribution in [-0.2, 0) is 24.4 Å². The van der Waals surface area contributed by atoms with Gasteiger partial charge in [0.2, 0.25) is 0 Å². The van der Waals surface area contributed by atoms with Crippen molar-refractivity contribution in [3.8, 4) is 6.07 Å². The molecule has 200 valence electrons. The first-order valence-corrected chi connectivity index (χ1v) is 14.0. The molecule has 1 N–H and O–H groups in total. The zero-order chi connectivity index (χ0) is 28.1. The van der Waals surface area contributed by atoms with Crippen molar-refractivity contribution in [3.63, 3.8) is 0 Å². The van der Waals surface area contributed by atoms with Crippen molar-refractivity contribution < 1.29 is 9.18 Å². The number of hydrogen-bond donors (Lipinski definition) is 1. The number of halogens is 2. The van der Waals surface area contributed by atoms with E-state index in [1.165, 1.54) is 17.0 Å². The number of carbonyl (C=O) groups is 1. The van der Waals surface area contributed by atoms with E-state index in [0.717, 1.165) is 35.7 Å². The van der Waals surface area contributed by atoms with Gasteiger partial charge in [-0.2, -0.15) is 5.26 Å². The topological polar surface area (TPSA) is 78.1 Å². The highest BCUT2D eigenvalue weighted by molar-refractivity contribution is 8.26. The van der Waals surface area contributed by atoms with Crippen molar-refractivity contribution in [2.24, 2.45) is 0 Å². The van der Waals surface area contributed by atoms with E-state index in [0.29, 0.717) is 44.3 Å². The predicted octanol–water partition coefficient (Wildman–Crippen LogP) is 6.63. The molecule has 1 aromatic heterocycles. The average Bonchev–Trinajstić information content (AvgIpc) is 3.18. The molecule has 0 spiro atoms. The Morgan fingerprint density at radius 2 is 1.90 bits per heavy atom. The summed E-state index contributed by atoms with van der Waals surface area (Å²) in [6, 6.07) is 15.4. The van der Waals surface area contributed by atoms with Gasteiger partial charge in [0.15, 0.2) is 0 Å². The Bertz CT molecular complexity index is 1560. The van der Waals surface area contributed by atoms with E-state index in [9.17, 15) is 19.2 Å². The fourth-order valence-electron chi connectivity index (χ4n) is 4.24. The first-order valence-electron chi connectivity index (χ1n) is 12.4. The fourth-order valence-corrected chi connectivity index (χ4v) is 5.68. The van der Waals surface area contributed by atoms with E-state index < -0.39 is 0 Å². The van der Waals surface area contributed by atoms with Gasteiger partial charge in [0, 0.05) is 23.7 Å². The molecule has 2 aromatic carbocycles. The van der Waals surface area contributed by atoms with E-state index in [1.54, 1.807) is 35.8 Å². The second-order valence-corrected chi connectivity index (χ2v) is 11.1. The maximum Gasteiger partial charge on any atom is 0.270 e. The molecule has 4 rings (SSSR count). The van der Waals surface area contributed by atoms with Crippen LogP contribution in [0, 0.1) is 24.1 Å². The molecule has 6 nitrogen and oxygen atoms in total. The van der Waals surface area contributed by atoms with Crippen LogP contribution < -0.4 is 10.9 Å². The SMILES string of the molecule is CCCCn1c(NCc2ccccc2Cl)c(/C=C2/SC(=S)N(Cc3ccc(F)cc3)C2=O)c(C)c(C#N)c1=O. The summed E-state index contributed by atoms with van der Waals surface area (Å²) in [6.45, 7) is 4.67. The van der Waals surface area contributed by atoms with Crippen LogP contribution in [0.2, 0.25) is 5.02 Å². The third-order valence-corrected chi connectivity index (χ3v) is 8.16. The number of nitrogens with one attached hydrogen (secondary N) is 1. The second-order valence-electron chi connectivity index (χ2n) is 9.02. The Morgan fingerprint density at radius 3 is 2.56 bits per heavy atom. The van der Waals surface area contributed by atoms with E-state index in [-0.39, 0.29) is 29.4 Å². The summed E-state index contributed by atoms with van der Waals surface area (Å²) in [7, 11) is 0. The largest absolute Gasteiger partial charge is 0.367 e. The minimum atomic E-state index is -0.383. The van der Waals surface area contributed by atoms with Crippen LogP contribution in [-0.4, -0.2) is 19.7 Å². The van der Waals surface area contributed by atoms with Gasteiger partial charge in [-0.1, -0.05) is 79.3 Å². The van der Waals surface area contributed by atoms with E-state index in [2.05, 4.69) is 11.4 Å². The molecule has 1 aliphatic heterocycles. The number of unbranched alkanes of at least 4 members (excludes halogenated alkanes) is 1. The Balaban J connectivity index is 1.78. The third kappa shape index (κ3) is 6.25. The lowest BCUT2D eigenvalue weighted by molar-refractivity contribution is -0.122. The minimum absolute atomic E-state index is 0.0300. The predicted molar refractivity (Wildman–Crippen MR) is 159 cm³/mol. The summed E-state index contributed by atoms with van der Waals surface area (Å²) in [5.74, 6) is -0.146. The Morgan fingerprint density at radius 1 is 1.18 bits per heavy atom. The number of pyridine rings is 1. The molecule has 0 unspecified atom stereocenters. The summed E-state index contributed by atoms with van der Waals surface area (Å²) in [6.07, 6.45) is 3.27. The maximum absolute atomic E-state index is 13.4. The van der Waals surface area contributed by atoms with Crippen molar-refractivity contribution >= 4 is 57.7 Å². The average molecular weight is 581 g/mol. The minimum Gasteiger partial charge on any atom is -0.367 e. The molecule has 1 saturated heterocycles. The molecule has 2 heterocycles. The van der Waals surface area contributed by atoms with Crippen molar-refractivity contribution in [3.05, 3.63) is 102 Å². The summed E-state index contributed by atoms with van der Waals surface area (Å²) in [5.41, 5.74) is 2.27. The van der Waals surface area contributed by atoms with Crippen molar-refractivity contribution in [2.75, 3.05) is 5.32 Å². The van der Waals surface area contributed by atoms with E-state index in [1.807, 2.05) is 25.1 Å². The standard InChI is InChI=1S/C29H26ClFN4O2S2/c1-3-4-13-34-26(33-16-20-7-5-6-8-24(20)30)22(18(2)23(15-32)27(34)36)14-25-28(37)35(29(38)39-25)17-19-9-11-21(31)12-10-19/h5-12,14,33H,3-4,13,16-17H2,1-2H3/b25-14+. The van der Waals surface area contributed by atoms with Gasteiger partial charge in [-0.15, -0.1) is 0 Å². The summed E-state index contributed by atoms with van der Waals surface area (Å²) in [5, 5.41) is 13.8. The van der Waals surface area contributed by atoms with Crippen LogP contribution in [0.4, 0.5) is 10.2 Å². The van der Waals surface area contributed by atoms with E-state index >= 15 is 0 Å². The van der Waals surface area contributed by atoms with Crippen molar-refractivity contribution in [2.45, 2.75) is 46.3 Å². The van der Waals surface area contributed by atoms with Gasteiger partial charge in [0.1, 0.15) is 27.6 Å². The van der Waals surface area contributed by atoms with Gasteiger partial charge < -0.3 is 5.32 Å². The lowest BCUT2D eigenvalue weighted by Gasteiger charge is -2.20. The van der Waals surface area contributed by atoms with Gasteiger partial charge >= 0.3 is 0 Å². The monoisotopic (exact) mass is 580 g/mol. The molecule has 0 aliphatic carbocycles. The molecule has 3 aromatic rings. The molecule has 1 amide bonds. The fraction of sp³-hybridized carbons (Fsp3) is 0.241. The molecule has 0 atom stereocenters. The van der Waals surface area contributed by atoms with Crippen LogP contribution in [0.15, 0.2) is 58.2 Å². The number of nitrogens with zero attached hydrogens (tertiary/aromatic N) is 3. The highest BCUT2D eigenvalue weighted by atomic mass is 35.5. The van der Waals surface area contributed by atoms with Gasteiger partial charge in [0.05, 0.1) is 11.4 Å². The molecular weight excluding hydrogens is 555 g/mol. The Hall–Kier alpha value is -3.45. The van der Waals surface area contributed by atoms with E-state index in [4.69, 9.17) is 23.8 Å². The molecule has 0 bridgehead atoms. The van der Waals surface area contributed by atoms with Gasteiger partial charge in [-0.3, -0.25) is 19.1 Å². The zero-order valence-corrected chi connectivity index (χ0v) is 23.9. The molecule has 1 aliphatic rings. The number of rotatable bonds is 9. The van der Waals surface area contributed by atoms with Crippen LogP contribution in [0.25, 0.3) is 6.08 Å². The normalized spacial score (nSPS) is 14.2. The number of aromatic nitrogens is 1. The highest BCUT2D eigenvalue weighted by Gasteiger charge is 2.33. The molecule has 1 fully saturated rings. The smallest absolute Gasteiger partial charge is 0.270 e. The number of hydrogen-bond acceptors (Lipinski definition) is 6. The lowest BCUT2D eigenvalue weighted by Crippen LogP contribution is -2.28. The summed E-state index contributed by atoms with van der Waals surface area (Å²) >= 11 is 13.0. The third-order valence-electron chi connectivity index (χ3n) is 6.42. The molecule has 39 heavy (non-hydrogen) atoms. The molecular formula is C29H26ClFN4O2S2. The van der Waals surface area contributed by atoms with Crippen molar-refractivity contribution in [1.29, 1.82) is 5.26 Å². The number of anilines is 1.